The molecule has 1 aliphatic heterocycles. The summed E-state index contributed by atoms with van der Waals surface area (Å²) in [4.78, 5) is 15.1. The van der Waals surface area contributed by atoms with Crippen LogP contribution < -0.4 is 11.1 Å². The normalized spacial score (nSPS) is 22.9. The summed E-state index contributed by atoms with van der Waals surface area (Å²) in [6.45, 7) is 5.50. The van der Waals surface area contributed by atoms with Crippen LogP contribution in [0.4, 0.5) is 0 Å². The van der Waals surface area contributed by atoms with E-state index in [1.165, 1.54) is 18.4 Å². The smallest absolute Gasteiger partial charge is 0.224 e. The number of hydrogen-bond donors (Lipinski definition) is 2. The zero-order valence-electron chi connectivity index (χ0n) is 14.9. The molecule has 0 spiro atoms. The van der Waals surface area contributed by atoms with E-state index in [-0.39, 0.29) is 42.2 Å². The fourth-order valence-corrected chi connectivity index (χ4v) is 3.68. The third-order valence-electron chi connectivity index (χ3n) is 5.44. The first-order valence-electron chi connectivity index (χ1n) is 8.89. The molecule has 2 unspecified atom stereocenters. The van der Waals surface area contributed by atoms with Crippen LogP contribution in [-0.2, 0) is 11.3 Å². The maximum Gasteiger partial charge on any atom is 0.224 e. The van der Waals surface area contributed by atoms with Crippen LogP contribution in [0.1, 0.15) is 38.2 Å². The average Bonchev–Trinajstić information content (AvgIpc) is 3.41. The van der Waals surface area contributed by atoms with E-state index in [4.69, 9.17) is 5.73 Å². The molecule has 142 valence electrons. The Morgan fingerprint density at radius 2 is 1.92 bits per heavy atom. The van der Waals surface area contributed by atoms with E-state index < -0.39 is 0 Å². The fourth-order valence-electron chi connectivity index (χ4n) is 3.68. The van der Waals surface area contributed by atoms with E-state index in [1.54, 1.807) is 0 Å². The molecule has 3 rings (SSSR count). The first-order chi connectivity index (χ1) is 11.1. The van der Waals surface area contributed by atoms with Crippen molar-refractivity contribution in [3.8, 4) is 0 Å². The number of nitrogens with two attached hydrogens (primary N) is 1. The van der Waals surface area contributed by atoms with E-state index >= 15 is 0 Å². The van der Waals surface area contributed by atoms with Crippen molar-refractivity contribution < 1.29 is 4.79 Å². The molecule has 6 heteroatoms. The van der Waals surface area contributed by atoms with E-state index in [9.17, 15) is 4.79 Å². The van der Waals surface area contributed by atoms with Crippen molar-refractivity contribution in [1.29, 1.82) is 0 Å². The highest BCUT2D eigenvalue weighted by molar-refractivity contribution is 5.85. The summed E-state index contributed by atoms with van der Waals surface area (Å²) in [5.41, 5.74) is 7.04. The molecule has 2 atom stereocenters. The van der Waals surface area contributed by atoms with Crippen molar-refractivity contribution in [3.63, 3.8) is 0 Å². The summed E-state index contributed by atoms with van der Waals surface area (Å²) in [6, 6.07) is 10.5. The van der Waals surface area contributed by atoms with Crippen LogP contribution in [0.2, 0.25) is 0 Å². The molecule has 1 heterocycles. The van der Waals surface area contributed by atoms with E-state index in [0.717, 1.165) is 32.5 Å². The molecule has 1 amide bonds. The van der Waals surface area contributed by atoms with Crippen molar-refractivity contribution in [1.82, 2.24) is 10.2 Å². The summed E-state index contributed by atoms with van der Waals surface area (Å²) in [6.07, 6.45) is 4.47. The number of hydrogen-bond acceptors (Lipinski definition) is 3. The first kappa shape index (κ1) is 22.2. The van der Waals surface area contributed by atoms with Crippen molar-refractivity contribution in [3.05, 3.63) is 35.9 Å². The number of carbonyl (C=O) groups is 1. The molecule has 3 N–H and O–H groups in total. The quantitative estimate of drug-likeness (QED) is 0.788. The highest BCUT2D eigenvalue weighted by Gasteiger charge is 2.42. The number of halogens is 2. The van der Waals surface area contributed by atoms with Crippen molar-refractivity contribution in [2.45, 2.75) is 44.7 Å². The lowest BCUT2D eigenvalue weighted by atomic mass is 9.92. The highest BCUT2D eigenvalue weighted by Crippen LogP contribution is 2.39. The maximum atomic E-state index is 12.7. The number of nitrogens with zero attached hydrogens (tertiary/aromatic N) is 1. The largest absolute Gasteiger partial charge is 0.349 e. The summed E-state index contributed by atoms with van der Waals surface area (Å²) in [5.74, 6) is 0.861. The van der Waals surface area contributed by atoms with Gasteiger partial charge in [-0.1, -0.05) is 30.3 Å². The van der Waals surface area contributed by atoms with Crippen LogP contribution >= 0.6 is 24.8 Å². The Labute approximate surface area is 163 Å². The number of amides is 1. The minimum atomic E-state index is -0.210. The second-order valence-corrected chi connectivity index (χ2v) is 7.44. The van der Waals surface area contributed by atoms with Crippen LogP contribution in [0.3, 0.4) is 0 Å². The monoisotopic (exact) mass is 387 g/mol. The van der Waals surface area contributed by atoms with Crippen molar-refractivity contribution >= 4 is 30.7 Å². The topological polar surface area (TPSA) is 58.4 Å². The molecule has 0 bridgehead atoms. The van der Waals surface area contributed by atoms with Gasteiger partial charge in [0.05, 0.1) is 11.5 Å². The highest BCUT2D eigenvalue weighted by atomic mass is 35.5. The van der Waals surface area contributed by atoms with Gasteiger partial charge in [0.25, 0.3) is 0 Å². The Hall–Kier alpha value is -0.810. The predicted octanol–water partition coefficient (Wildman–Crippen LogP) is 2.99. The molecule has 4 nitrogen and oxygen atoms in total. The summed E-state index contributed by atoms with van der Waals surface area (Å²) >= 11 is 0. The standard InChI is InChI=1S/C19H29N3O.2ClH/c1-19(14-20,17-9-10-17)21-18(23)16-8-5-11-22(13-16)12-15-6-3-2-4-7-15;;/h2-4,6-7,16-17H,5,8-14,20H2,1H3,(H,21,23);2*1H. The molecule has 2 fully saturated rings. The van der Waals surface area contributed by atoms with Crippen LogP contribution in [0.5, 0.6) is 0 Å². The van der Waals surface area contributed by atoms with Crippen molar-refractivity contribution in [2.24, 2.45) is 17.6 Å². The first-order valence-corrected chi connectivity index (χ1v) is 8.89. The van der Waals surface area contributed by atoms with Gasteiger partial charge in [-0.15, -0.1) is 24.8 Å². The van der Waals surface area contributed by atoms with Gasteiger partial charge in [-0.25, -0.2) is 0 Å². The number of nitrogens with one attached hydrogen (secondary N) is 1. The Morgan fingerprint density at radius 3 is 2.52 bits per heavy atom. The van der Waals surface area contributed by atoms with Gasteiger partial charge in [-0.3, -0.25) is 9.69 Å². The third-order valence-corrected chi connectivity index (χ3v) is 5.44. The van der Waals surface area contributed by atoms with Gasteiger partial charge in [0.1, 0.15) is 0 Å². The lowest BCUT2D eigenvalue weighted by Gasteiger charge is -2.36. The summed E-state index contributed by atoms with van der Waals surface area (Å²) in [7, 11) is 0. The van der Waals surface area contributed by atoms with Crippen LogP contribution in [0, 0.1) is 11.8 Å². The molecule has 1 aliphatic carbocycles. The second kappa shape index (κ2) is 9.77. The summed E-state index contributed by atoms with van der Waals surface area (Å²) in [5, 5.41) is 3.27. The SMILES string of the molecule is CC(CN)(NC(=O)C1CCCN(Cc2ccccc2)C1)C1CC1.Cl.Cl. The predicted molar refractivity (Wildman–Crippen MR) is 107 cm³/mol. The fraction of sp³-hybridized carbons (Fsp3) is 0.632. The number of rotatable bonds is 6. The molecule has 2 aliphatic rings. The van der Waals surface area contributed by atoms with Gasteiger partial charge in [0.2, 0.25) is 5.91 Å². The summed E-state index contributed by atoms with van der Waals surface area (Å²) < 4.78 is 0. The Balaban J connectivity index is 0.00000156. The zero-order chi connectivity index (χ0) is 16.3. The number of benzene rings is 1. The molecule has 25 heavy (non-hydrogen) atoms. The van der Waals surface area contributed by atoms with Gasteiger partial charge < -0.3 is 11.1 Å². The lowest BCUT2D eigenvalue weighted by molar-refractivity contribution is -0.128. The molecule has 1 saturated heterocycles. The van der Waals surface area contributed by atoms with Crippen LogP contribution in [-0.4, -0.2) is 36.0 Å². The van der Waals surface area contributed by atoms with Gasteiger partial charge in [0.15, 0.2) is 0 Å². The molecule has 0 aromatic heterocycles. The Kier molecular flexibility index (Phi) is 8.69. The van der Waals surface area contributed by atoms with Crippen molar-refractivity contribution in [2.75, 3.05) is 19.6 Å². The van der Waals surface area contributed by atoms with E-state index in [2.05, 4.69) is 41.4 Å². The second-order valence-electron chi connectivity index (χ2n) is 7.44. The van der Waals surface area contributed by atoms with Gasteiger partial charge in [-0.2, -0.15) is 0 Å². The van der Waals surface area contributed by atoms with Gasteiger partial charge >= 0.3 is 0 Å². The molecule has 1 aromatic carbocycles. The number of piperidine rings is 1. The molecular weight excluding hydrogens is 357 g/mol. The molecule has 0 radical (unpaired) electrons. The average molecular weight is 388 g/mol. The van der Waals surface area contributed by atoms with Crippen LogP contribution in [0.15, 0.2) is 30.3 Å². The minimum absolute atomic E-state index is 0. The Bertz CT molecular complexity index is 539. The van der Waals surface area contributed by atoms with E-state index in [1.807, 2.05) is 6.07 Å². The van der Waals surface area contributed by atoms with Gasteiger partial charge in [-0.05, 0) is 50.6 Å². The molecule has 1 aromatic rings. The lowest BCUT2D eigenvalue weighted by Crippen LogP contribution is -2.56. The third kappa shape index (κ3) is 5.85. The minimum Gasteiger partial charge on any atom is -0.349 e. The van der Waals surface area contributed by atoms with Crippen LogP contribution in [0.25, 0.3) is 0 Å². The molecular formula is C19H31Cl2N3O. The number of likely N-dealkylation sites (tertiary alicyclic amines) is 1. The maximum absolute atomic E-state index is 12.7. The Morgan fingerprint density at radius 1 is 1.24 bits per heavy atom. The molecule has 1 saturated carbocycles. The number of carbonyl (C=O) groups excluding carboxylic acids is 1. The van der Waals surface area contributed by atoms with E-state index in [0.29, 0.717) is 12.5 Å². The zero-order valence-corrected chi connectivity index (χ0v) is 16.6. The van der Waals surface area contributed by atoms with Gasteiger partial charge in [0, 0.05) is 19.6 Å².